The van der Waals surface area contributed by atoms with Gasteiger partial charge >= 0.3 is 0 Å². The van der Waals surface area contributed by atoms with E-state index in [1.54, 1.807) is 22.4 Å². The molecule has 4 rings (SSSR count). The Morgan fingerprint density at radius 2 is 2.06 bits per heavy atom. The van der Waals surface area contributed by atoms with E-state index in [9.17, 15) is 13.2 Å². The summed E-state index contributed by atoms with van der Waals surface area (Å²) >= 11 is 2.62. The third kappa shape index (κ3) is 5.86. The Hall–Kier alpha value is -2.05. The molecule has 35 heavy (non-hydrogen) atoms. The van der Waals surface area contributed by atoms with Gasteiger partial charge in [-0.3, -0.25) is 9.69 Å². The molecule has 0 spiro atoms. The third-order valence-electron chi connectivity index (χ3n) is 5.94. The van der Waals surface area contributed by atoms with E-state index in [-0.39, 0.29) is 10.1 Å². The number of amides is 1. The van der Waals surface area contributed by atoms with E-state index in [0.29, 0.717) is 31.2 Å². The second kappa shape index (κ2) is 11.3. The minimum Gasteiger partial charge on any atom is -0.494 e. The number of piperidine rings is 1. The lowest BCUT2D eigenvalue weighted by Crippen LogP contribution is -2.53. The molecule has 1 amide bonds. The summed E-state index contributed by atoms with van der Waals surface area (Å²) in [6.45, 7) is 4.14. The molecule has 1 unspecified atom stereocenters. The Kier molecular flexibility index (Phi) is 8.43. The molecule has 0 saturated carbocycles. The van der Waals surface area contributed by atoms with Crippen molar-refractivity contribution in [3.8, 4) is 5.75 Å². The van der Waals surface area contributed by atoms with Gasteiger partial charge in [-0.25, -0.2) is 13.4 Å². The van der Waals surface area contributed by atoms with Gasteiger partial charge in [-0.2, -0.15) is 4.31 Å². The maximum Gasteiger partial charge on any atom is 0.253 e. The van der Waals surface area contributed by atoms with Gasteiger partial charge in [-0.15, -0.1) is 11.3 Å². The molecule has 0 N–H and O–H groups in total. The predicted molar refractivity (Wildman–Crippen MR) is 142 cm³/mol. The lowest BCUT2D eigenvalue weighted by Gasteiger charge is -2.36. The molecule has 3 heterocycles. The smallest absolute Gasteiger partial charge is 0.253 e. The highest BCUT2D eigenvalue weighted by atomic mass is 32.2. The van der Waals surface area contributed by atoms with Crippen LogP contribution < -0.4 is 9.64 Å². The van der Waals surface area contributed by atoms with Crippen LogP contribution in [0.15, 0.2) is 39.9 Å². The molecule has 1 aliphatic rings. The number of ether oxygens (including phenoxy) is 1. The molecule has 190 valence electrons. The number of thiazole rings is 1. The largest absolute Gasteiger partial charge is 0.494 e. The van der Waals surface area contributed by atoms with Gasteiger partial charge in [0.15, 0.2) is 5.13 Å². The topological polar surface area (TPSA) is 83.1 Å². The van der Waals surface area contributed by atoms with Crippen molar-refractivity contribution in [2.75, 3.05) is 45.2 Å². The molecule has 0 aliphatic carbocycles. The number of anilines is 1. The summed E-state index contributed by atoms with van der Waals surface area (Å²) < 4.78 is 35.0. The number of thiophene rings is 1. The Morgan fingerprint density at radius 1 is 1.23 bits per heavy atom. The minimum absolute atomic E-state index is 0.201. The number of carbonyl (C=O) groups excluding carboxylic acids is 1. The van der Waals surface area contributed by atoms with Crippen LogP contribution in [0.3, 0.4) is 0 Å². The standard InChI is InChI=1S/C24H32N4O4S3/c1-4-32-18-11-12-19-21(17-18)34-24(25-19)27(14-8-13-26(2)3)23(29)20-9-5-6-15-28(20)35(30,31)22-10-7-16-33-22/h7,10-12,16-17,20H,4-6,8-9,13-15H2,1-3H3. The summed E-state index contributed by atoms with van der Waals surface area (Å²) in [5, 5.41) is 2.34. The average Bonchev–Trinajstić information content (AvgIpc) is 3.52. The van der Waals surface area contributed by atoms with Gasteiger partial charge in [0.05, 0.1) is 16.8 Å². The van der Waals surface area contributed by atoms with E-state index in [2.05, 4.69) is 4.90 Å². The third-order valence-corrected chi connectivity index (χ3v) is 10.3. The summed E-state index contributed by atoms with van der Waals surface area (Å²) in [5.74, 6) is 0.564. The highest BCUT2D eigenvalue weighted by Gasteiger charge is 2.40. The lowest BCUT2D eigenvalue weighted by molar-refractivity contribution is -0.123. The number of benzene rings is 1. The van der Waals surface area contributed by atoms with Crippen molar-refractivity contribution in [1.29, 1.82) is 0 Å². The molecule has 1 saturated heterocycles. The van der Waals surface area contributed by atoms with Gasteiger partial charge in [-0.1, -0.05) is 23.8 Å². The average molecular weight is 537 g/mol. The number of fused-ring (bicyclic) bond motifs is 1. The predicted octanol–water partition coefficient (Wildman–Crippen LogP) is 4.28. The fourth-order valence-corrected chi connectivity index (χ4v) is 8.05. The molecule has 0 bridgehead atoms. The molecule has 3 aromatic rings. The van der Waals surface area contributed by atoms with Crippen molar-refractivity contribution < 1.29 is 17.9 Å². The molecule has 1 aliphatic heterocycles. The van der Waals surface area contributed by atoms with E-state index >= 15 is 0 Å². The maximum absolute atomic E-state index is 14.0. The van der Waals surface area contributed by atoms with Crippen molar-refractivity contribution in [2.45, 2.75) is 42.9 Å². The molecule has 8 nitrogen and oxygen atoms in total. The molecule has 11 heteroatoms. The second-order valence-corrected chi connectivity index (χ2v) is 12.8. The first-order chi connectivity index (χ1) is 16.8. The summed E-state index contributed by atoms with van der Waals surface area (Å²) in [5.41, 5.74) is 0.797. The van der Waals surface area contributed by atoms with Crippen molar-refractivity contribution in [1.82, 2.24) is 14.2 Å². The van der Waals surface area contributed by atoms with Gasteiger partial charge in [0.2, 0.25) is 5.91 Å². The molecule has 1 fully saturated rings. The first-order valence-electron chi connectivity index (χ1n) is 11.9. The summed E-state index contributed by atoms with van der Waals surface area (Å²) in [4.78, 5) is 22.5. The number of nitrogens with zero attached hydrogens (tertiary/aromatic N) is 4. The van der Waals surface area contributed by atoms with Gasteiger partial charge in [0.1, 0.15) is 16.0 Å². The van der Waals surface area contributed by atoms with Crippen molar-refractivity contribution in [3.63, 3.8) is 0 Å². The highest BCUT2D eigenvalue weighted by molar-refractivity contribution is 7.91. The number of hydrogen-bond donors (Lipinski definition) is 0. The molecule has 2 aromatic heterocycles. The molecular formula is C24H32N4O4S3. The quantitative estimate of drug-likeness (QED) is 0.385. The maximum atomic E-state index is 14.0. The van der Waals surface area contributed by atoms with Crippen LogP contribution in [0.1, 0.15) is 32.6 Å². The fourth-order valence-electron chi connectivity index (χ4n) is 4.26. The fraction of sp³-hybridized carbons (Fsp3) is 0.500. The van der Waals surface area contributed by atoms with Crippen LogP contribution in [0.5, 0.6) is 5.75 Å². The van der Waals surface area contributed by atoms with Crippen LogP contribution >= 0.6 is 22.7 Å². The Bertz CT molecular complexity index is 1240. The van der Waals surface area contributed by atoms with E-state index in [1.165, 1.54) is 27.0 Å². The van der Waals surface area contributed by atoms with E-state index in [1.807, 2.05) is 39.2 Å². The van der Waals surface area contributed by atoms with Gasteiger partial charge in [0.25, 0.3) is 10.0 Å². The normalized spacial score (nSPS) is 17.2. The Morgan fingerprint density at radius 3 is 2.77 bits per heavy atom. The van der Waals surface area contributed by atoms with Crippen LogP contribution in [0, 0.1) is 0 Å². The molecule has 1 atom stereocenters. The van der Waals surface area contributed by atoms with Crippen molar-refractivity contribution in [3.05, 3.63) is 35.7 Å². The van der Waals surface area contributed by atoms with Crippen LogP contribution in [0.25, 0.3) is 10.2 Å². The number of hydrogen-bond acceptors (Lipinski definition) is 8. The monoisotopic (exact) mass is 536 g/mol. The van der Waals surface area contributed by atoms with Crippen LogP contribution in [-0.4, -0.2) is 74.9 Å². The zero-order valence-electron chi connectivity index (χ0n) is 20.3. The first-order valence-corrected chi connectivity index (χ1v) is 15.0. The Balaban J connectivity index is 1.67. The number of carbonyl (C=O) groups is 1. The van der Waals surface area contributed by atoms with E-state index in [4.69, 9.17) is 9.72 Å². The number of aromatic nitrogens is 1. The van der Waals surface area contributed by atoms with Gasteiger partial charge in [0, 0.05) is 13.1 Å². The van der Waals surface area contributed by atoms with Crippen molar-refractivity contribution >= 4 is 54.0 Å². The zero-order valence-corrected chi connectivity index (χ0v) is 22.8. The molecule has 1 aromatic carbocycles. The second-order valence-electron chi connectivity index (χ2n) is 8.77. The van der Waals surface area contributed by atoms with Crippen LogP contribution in [0.2, 0.25) is 0 Å². The summed E-state index contributed by atoms with van der Waals surface area (Å²) in [6, 6.07) is 8.32. The zero-order chi connectivity index (χ0) is 25.0. The highest BCUT2D eigenvalue weighted by Crippen LogP contribution is 2.34. The van der Waals surface area contributed by atoms with E-state index in [0.717, 1.165) is 41.8 Å². The SMILES string of the molecule is CCOc1ccc2nc(N(CCCN(C)C)C(=O)C3CCCCN3S(=O)(=O)c3cccs3)sc2c1. The van der Waals surface area contributed by atoms with Gasteiger partial charge in [-0.05, 0) is 76.5 Å². The summed E-state index contributed by atoms with van der Waals surface area (Å²) in [7, 11) is 0.255. The Labute approximate surface area is 215 Å². The first kappa shape index (κ1) is 26.0. The van der Waals surface area contributed by atoms with E-state index < -0.39 is 16.1 Å². The van der Waals surface area contributed by atoms with Gasteiger partial charge < -0.3 is 9.64 Å². The summed E-state index contributed by atoms with van der Waals surface area (Å²) in [6.07, 6.45) is 2.82. The van der Waals surface area contributed by atoms with Crippen LogP contribution in [-0.2, 0) is 14.8 Å². The van der Waals surface area contributed by atoms with Crippen molar-refractivity contribution in [2.24, 2.45) is 0 Å². The number of rotatable bonds is 10. The number of sulfonamides is 1. The lowest BCUT2D eigenvalue weighted by atomic mass is 10.0. The molecule has 0 radical (unpaired) electrons. The minimum atomic E-state index is -3.74. The molecular weight excluding hydrogens is 504 g/mol. The van der Waals surface area contributed by atoms with Crippen LogP contribution in [0.4, 0.5) is 5.13 Å².